The summed E-state index contributed by atoms with van der Waals surface area (Å²) in [7, 11) is 1.41. The van der Waals surface area contributed by atoms with Crippen LogP contribution < -0.4 is 4.74 Å². The zero-order valence-corrected chi connectivity index (χ0v) is 7.85. The van der Waals surface area contributed by atoms with E-state index in [1.54, 1.807) is 6.92 Å². The summed E-state index contributed by atoms with van der Waals surface area (Å²) in [5, 5.41) is 0. The van der Waals surface area contributed by atoms with Crippen molar-refractivity contribution in [2.45, 2.75) is 19.5 Å². The van der Waals surface area contributed by atoms with Crippen molar-refractivity contribution in [2.24, 2.45) is 0 Å². The third-order valence-electron chi connectivity index (χ3n) is 1.78. The Morgan fingerprint density at radius 3 is 2.43 bits per heavy atom. The van der Waals surface area contributed by atoms with Gasteiger partial charge in [-0.05, 0) is 18.6 Å². The first kappa shape index (κ1) is 10.8. The van der Waals surface area contributed by atoms with Crippen LogP contribution in [0.3, 0.4) is 0 Å². The number of hydrogen-bond acceptors (Lipinski definition) is 2. The number of hydrogen-bond donors (Lipinski definition) is 0. The highest BCUT2D eigenvalue weighted by Crippen LogP contribution is 2.29. The second-order valence-electron chi connectivity index (χ2n) is 2.70. The Morgan fingerprint density at radius 1 is 1.36 bits per heavy atom. The molecule has 0 spiro atoms. The van der Waals surface area contributed by atoms with E-state index in [1.807, 2.05) is 0 Å². The Hall–Kier alpha value is -1.26. The van der Waals surface area contributed by atoms with Crippen LogP contribution in [0.15, 0.2) is 12.1 Å². The van der Waals surface area contributed by atoms with Crippen LogP contribution in [0.4, 0.5) is 13.2 Å². The fraction of sp³-hybridized carbons (Fsp3) is 0.444. The molecule has 2 nitrogen and oxygen atoms in total. The van der Waals surface area contributed by atoms with Gasteiger partial charge in [-0.15, -0.1) is 0 Å². The molecule has 5 heteroatoms. The molecule has 14 heavy (non-hydrogen) atoms. The van der Waals surface area contributed by atoms with E-state index < -0.39 is 11.9 Å². The smallest absolute Gasteiger partial charge is 0.433 e. The summed E-state index contributed by atoms with van der Waals surface area (Å²) in [5.74, 6) is 0.389. The van der Waals surface area contributed by atoms with Crippen molar-refractivity contribution in [3.05, 3.63) is 23.5 Å². The lowest BCUT2D eigenvalue weighted by atomic mass is 10.2. The van der Waals surface area contributed by atoms with E-state index >= 15 is 0 Å². The topological polar surface area (TPSA) is 22.1 Å². The number of ether oxygens (including phenoxy) is 1. The fourth-order valence-electron chi connectivity index (χ4n) is 1.09. The molecule has 0 aromatic carbocycles. The lowest BCUT2D eigenvalue weighted by Crippen LogP contribution is -2.09. The molecule has 1 rings (SSSR count). The molecule has 1 aromatic heterocycles. The van der Waals surface area contributed by atoms with Gasteiger partial charge >= 0.3 is 6.18 Å². The SMILES string of the molecule is CCc1nc(C(F)(F)F)ccc1OC. The summed E-state index contributed by atoms with van der Waals surface area (Å²) >= 11 is 0. The van der Waals surface area contributed by atoms with Crippen LogP contribution in [0.2, 0.25) is 0 Å². The van der Waals surface area contributed by atoms with Crippen molar-refractivity contribution in [3.8, 4) is 5.75 Å². The normalized spacial score (nSPS) is 11.5. The molecule has 78 valence electrons. The highest BCUT2D eigenvalue weighted by molar-refractivity contribution is 5.30. The molecule has 0 saturated heterocycles. The Bertz CT molecular complexity index is 322. The van der Waals surface area contributed by atoms with Crippen molar-refractivity contribution in [3.63, 3.8) is 0 Å². The van der Waals surface area contributed by atoms with Crippen LogP contribution in [-0.4, -0.2) is 12.1 Å². The van der Waals surface area contributed by atoms with E-state index in [-0.39, 0.29) is 0 Å². The maximum Gasteiger partial charge on any atom is 0.433 e. The number of alkyl halides is 3. The van der Waals surface area contributed by atoms with Crippen molar-refractivity contribution in [2.75, 3.05) is 7.11 Å². The predicted molar refractivity (Wildman–Crippen MR) is 45.2 cm³/mol. The molecular weight excluding hydrogens is 195 g/mol. The Morgan fingerprint density at radius 2 is 2.00 bits per heavy atom. The molecular formula is C9H10F3NO. The molecule has 0 N–H and O–H groups in total. The van der Waals surface area contributed by atoms with Gasteiger partial charge in [0.25, 0.3) is 0 Å². The summed E-state index contributed by atoms with van der Waals surface area (Å²) in [5.41, 5.74) is -0.558. The Kier molecular flexibility index (Phi) is 2.98. The first-order valence-electron chi connectivity index (χ1n) is 4.10. The van der Waals surface area contributed by atoms with Gasteiger partial charge in [0.2, 0.25) is 0 Å². The average molecular weight is 205 g/mol. The predicted octanol–water partition coefficient (Wildman–Crippen LogP) is 2.67. The summed E-state index contributed by atoms with van der Waals surface area (Å²) in [4.78, 5) is 3.48. The van der Waals surface area contributed by atoms with Crippen LogP contribution in [0.5, 0.6) is 5.75 Å². The number of nitrogens with zero attached hydrogens (tertiary/aromatic N) is 1. The summed E-state index contributed by atoms with van der Waals surface area (Å²) in [6.07, 6.45) is -3.98. The molecule has 0 amide bonds. The maximum atomic E-state index is 12.2. The minimum Gasteiger partial charge on any atom is -0.495 e. The monoisotopic (exact) mass is 205 g/mol. The number of rotatable bonds is 2. The van der Waals surface area contributed by atoms with E-state index in [0.29, 0.717) is 17.9 Å². The lowest BCUT2D eigenvalue weighted by molar-refractivity contribution is -0.141. The first-order chi connectivity index (χ1) is 6.49. The average Bonchev–Trinajstić information content (AvgIpc) is 2.15. The fourth-order valence-corrected chi connectivity index (χ4v) is 1.09. The van der Waals surface area contributed by atoms with Crippen molar-refractivity contribution < 1.29 is 17.9 Å². The van der Waals surface area contributed by atoms with Gasteiger partial charge in [0, 0.05) is 0 Å². The van der Waals surface area contributed by atoms with Gasteiger partial charge in [0.15, 0.2) is 0 Å². The van der Waals surface area contributed by atoms with Crippen LogP contribution in [0, 0.1) is 0 Å². The molecule has 0 saturated carbocycles. The molecule has 0 aliphatic heterocycles. The number of pyridine rings is 1. The molecule has 0 aliphatic carbocycles. The number of aryl methyl sites for hydroxylation is 1. The third kappa shape index (κ3) is 2.16. The largest absolute Gasteiger partial charge is 0.495 e. The van der Waals surface area contributed by atoms with Crippen LogP contribution in [-0.2, 0) is 12.6 Å². The minimum absolute atomic E-state index is 0.322. The van der Waals surface area contributed by atoms with Crippen LogP contribution >= 0.6 is 0 Å². The zero-order chi connectivity index (χ0) is 10.8. The summed E-state index contributed by atoms with van der Waals surface area (Å²) < 4.78 is 41.6. The first-order valence-corrected chi connectivity index (χ1v) is 4.10. The zero-order valence-electron chi connectivity index (χ0n) is 7.85. The standard InChI is InChI=1S/C9H10F3NO/c1-3-6-7(14-2)4-5-8(13-6)9(10,11)12/h4-5H,3H2,1-2H3. The molecule has 0 aliphatic rings. The van der Waals surface area contributed by atoms with Gasteiger partial charge in [0.1, 0.15) is 11.4 Å². The summed E-state index contributed by atoms with van der Waals surface area (Å²) in [6.45, 7) is 1.73. The lowest BCUT2D eigenvalue weighted by Gasteiger charge is -2.10. The molecule has 0 bridgehead atoms. The highest BCUT2D eigenvalue weighted by atomic mass is 19.4. The number of aromatic nitrogens is 1. The Labute approximate surface area is 79.7 Å². The second-order valence-corrected chi connectivity index (χ2v) is 2.70. The van der Waals surface area contributed by atoms with E-state index in [1.165, 1.54) is 13.2 Å². The van der Waals surface area contributed by atoms with Gasteiger partial charge in [-0.3, -0.25) is 0 Å². The van der Waals surface area contributed by atoms with Crippen LogP contribution in [0.25, 0.3) is 0 Å². The quantitative estimate of drug-likeness (QED) is 0.740. The molecule has 0 fully saturated rings. The van der Waals surface area contributed by atoms with E-state index in [2.05, 4.69) is 4.98 Å². The highest BCUT2D eigenvalue weighted by Gasteiger charge is 2.32. The van der Waals surface area contributed by atoms with Gasteiger partial charge < -0.3 is 4.74 Å². The van der Waals surface area contributed by atoms with E-state index in [4.69, 9.17) is 4.74 Å². The second kappa shape index (κ2) is 3.86. The molecule has 1 heterocycles. The maximum absolute atomic E-state index is 12.2. The van der Waals surface area contributed by atoms with E-state index in [0.717, 1.165) is 6.07 Å². The minimum atomic E-state index is -4.39. The van der Waals surface area contributed by atoms with Crippen molar-refractivity contribution >= 4 is 0 Å². The molecule has 0 unspecified atom stereocenters. The number of methoxy groups -OCH3 is 1. The summed E-state index contributed by atoms with van der Waals surface area (Å²) in [6, 6.07) is 2.20. The van der Waals surface area contributed by atoms with Crippen LogP contribution in [0.1, 0.15) is 18.3 Å². The number of halogens is 3. The van der Waals surface area contributed by atoms with Crippen molar-refractivity contribution in [1.82, 2.24) is 4.98 Å². The molecule has 0 radical (unpaired) electrons. The van der Waals surface area contributed by atoms with Gasteiger partial charge in [-0.1, -0.05) is 6.92 Å². The Balaban J connectivity index is 3.14. The van der Waals surface area contributed by atoms with Crippen molar-refractivity contribution in [1.29, 1.82) is 0 Å². The molecule has 1 aromatic rings. The van der Waals surface area contributed by atoms with Gasteiger partial charge in [-0.2, -0.15) is 13.2 Å². The third-order valence-corrected chi connectivity index (χ3v) is 1.78. The van der Waals surface area contributed by atoms with E-state index in [9.17, 15) is 13.2 Å². The van der Waals surface area contributed by atoms with Gasteiger partial charge in [0.05, 0.1) is 12.8 Å². The molecule has 0 atom stereocenters. The van der Waals surface area contributed by atoms with Gasteiger partial charge in [-0.25, -0.2) is 4.98 Å².